The van der Waals surface area contributed by atoms with Gasteiger partial charge in [-0.2, -0.15) is 0 Å². The van der Waals surface area contributed by atoms with Crippen LogP contribution in [0.4, 0.5) is 5.69 Å². The molecule has 1 amide bonds. The van der Waals surface area contributed by atoms with Gasteiger partial charge in [0.2, 0.25) is 0 Å². The Morgan fingerprint density at radius 1 is 1.14 bits per heavy atom. The molecule has 0 aromatic heterocycles. The number of nitrogens with one attached hydrogen (secondary N) is 1. The van der Waals surface area contributed by atoms with Crippen LogP contribution in [0.25, 0.3) is 0 Å². The zero-order valence-corrected chi connectivity index (χ0v) is 12.3. The van der Waals surface area contributed by atoms with Gasteiger partial charge in [-0.3, -0.25) is 4.79 Å². The number of ether oxygens (including phenoxy) is 2. The Labute approximate surface area is 127 Å². The van der Waals surface area contributed by atoms with Gasteiger partial charge in [0.15, 0.2) is 0 Å². The molecular weight excluding hydrogens is 294 g/mol. The van der Waals surface area contributed by atoms with Crippen LogP contribution in [-0.4, -0.2) is 25.2 Å². The lowest BCUT2D eigenvalue weighted by molar-refractivity contribution is 0.102. The molecule has 2 rings (SSSR count). The van der Waals surface area contributed by atoms with Gasteiger partial charge < -0.3 is 19.9 Å². The molecule has 5 nitrogen and oxygen atoms in total. The number of carbonyl (C=O) groups excluding carboxylic acids is 1. The lowest BCUT2D eigenvalue weighted by Gasteiger charge is -2.12. The SMILES string of the molecule is COc1ccc(O)c(C(=O)Nc2cc(Cl)ccc2OC)c1. The minimum atomic E-state index is -0.494. The first-order valence-electron chi connectivity index (χ1n) is 6.07. The van der Waals surface area contributed by atoms with Gasteiger partial charge in [0.25, 0.3) is 5.91 Å². The van der Waals surface area contributed by atoms with E-state index < -0.39 is 5.91 Å². The van der Waals surface area contributed by atoms with E-state index in [1.807, 2.05) is 0 Å². The van der Waals surface area contributed by atoms with E-state index in [-0.39, 0.29) is 11.3 Å². The Balaban J connectivity index is 2.32. The molecule has 0 saturated carbocycles. The summed E-state index contributed by atoms with van der Waals surface area (Å²) in [6.45, 7) is 0. The second-order valence-corrected chi connectivity index (χ2v) is 4.62. The van der Waals surface area contributed by atoms with Crippen LogP contribution in [0.3, 0.4) is 0 Å². The highest BCUT2D eigenvalue weighted by molar-refractivity contribution is 6.31. The fourth-order valence-corrected chi connectivity index (χ4v) is 1.96. The van der Waals surface area contributed by atoms with E-state index in [1.54, 1.807) is 24.3 Å². The van der Waals surface area contributed by atoms with Crippen molar-refractivity contribution in [3.05, 3.63) is 47.0 Å². The summed E-state index contributed by atoms with van der Waals surface area (Å²) in [5.41, 5.74) is 0.508. The molecular formula is C15H14ClNO4. The summed E-state index contributed by atoms with van der Waals surface area (Å²) in [5, 5.41) is 12.9. The molecule has 2 aromatic carbocycles. The number of benzene rings is 2. The summed E-state index contributed by atoms with van der Waals surface area (Å²) in [6, 6.07) is 9.26. The number of carbonyl (C=O) groups is 1. The molecule has 0 heterocycles. The number of anilines is 1. The van der Waals surface area contributed by atoms with Crippen molar-refractivity contribution in [3.63, 3.8) is 0 Å². The molecule has 0 radical (unpaired) electrons. The predicted octanol–water partition coefficient (Wildman–Crippen LogP) is 3.32. The summed E-state index contributed by atoms with van der Waals surface area (Å²) in [4.78, 5) is 12.3. The zero-order valence-electron chi connectivity index (χ0n) is 11.5. The van der Waals surface area contributed by atoms with Crippen molar-refractivity contribution in [2.24, 2.45) is 0 Å². The van der Waals surface area contributed by atoms with Crippen molar-refractivity contribution in [2.45, 2.75) is 0 Å². The molecule has 0 fully saturated rings. The first kappa shape index (κ1) is 15.0. The van der Waals surface area contributed by atoms with Gasteiger partial charge in [0, 0.05) is 5.02 Å². The molecule has 110 valence electrons. The average Bonchev–Trinajstić information content (AvgIpc) is 2.48. The normalized spacial score (nSPS) is 10.0. The van der Waals surface area contributed by atoms with Crippen molar-refractivity contribution < 1.29 is 19.4 Å². The summed E-state index contributed by atoms with van der Waals surface area (Å²) in [6.07, 6.45) is 0. The smallest absolute Gasteiger partial charge is 0.259 e. The van der Waals surface area contributed by atoms with Gasteiger partial charge in [0.05, 0.1) is 25.5 Å². The average molecular weight is 308 g/mol. The number of hydrogen-bond acceptors (Lipinski definition) is 4. The lowest BCUT2D eigenvalue weighted by atomic mass is 10.1. The molecule has 2 N–H and O–H groups in total. The second kappa shape index (κ2) is 6.37. The Morgan fingerprint density at radius 2 is 1.90 bits per heavy atom. The van der Waals surface area contributed by atoms with Gasteiger partial charge in [-0.25, -0.2) is 0 Å². The van der Waals surface area contributed by atoms with Crippen LogP contribution in [0.1, 0.15) is 10.4 Å². The third kappa shape index (κ3) is 3.38. The van der Waals surface area contributed by atoms with Gasteiger partial charge in [0.1, 0.15) is 17.2 Å². The topological polar surface area (TPSA) is 67.8 Å². The number of rotatable bonds is 4. The van der Waals surface area contributed by atoms with Crippen LogP contribution in [0.15, 0.2) is 36.4 Å². The summed E-state index contributed by atoms with van der Waals surface area (Å²) in [7, 11) is 2.97. The Morgan fingerprint density at radius 3 is 2.57 bits per heavy atom. The molecule has 21 heavy (non-hydrogen) atoms. The Hall–Kier alpha value is -2.40. The highest BCUT2D eigenvalue weighted by Gasteiger charge is 2.15. The van der Waals surface area contributed by atoms with E-state index in [0.717, 1.165) is 0 Å². The number of amides is 1. The molecule has 0 unspecified atom stereocenters. The van der Waals surface area contributed by atoms with Crippen LogP contribution in [0.5, 0.6) is 17.2 Å². The predicted molar refractivity (Wildman–Crippen MR) is 80.6 cm³/mol. The van der Waals surface area contributed by atoms with E-state index in [9.17, 15) is 9.90 Å². The molecule has 0 aliphatic heterocycles. The maximum absolute atomic E-state index is 12.3. The van der Waals surface area contributed by atoms with E-state index in [0.29, 0.717) is 22.2 Å². The number of phenolic OH excluding ortho intramolecular Hbond substituents is 1. The second-order valence-electron chi connectivity index (χ2n) is 4.18. The molecule has 0 atom stereocenters. The van der Waals surface area contributed by atoms with Gasteiger partial charge >= 0.3 is 0 Å². The van der Waals surface area contributed by atoms with E-state index in [2.05, 4.69) is 5.32 Å². The van der Waals surface area contributed by atoms with Crippen molar-refractivity contribution in [2.75, 3.05) is 19.5 Å². The minimum absolute atomic E-state index is 0.0939. The largest absolute Gasteiger partial charge is 0.507 e. The number of halogens is 1. The Kier molecular flexibility index (Phi) is 4.55. The van der Waals surface area contributed by atoms with Crippen molar-refractivity contribution in [1.82, 2.24) is 0 Å². The molecule has 2 aromatic rings. The number of phenols is 1. The summed E-state index contributed by atoms with van der Waals surface area (Å²) >= 11 is 5.91. The highest BCUT2D eigenvalue weighted by Crippen LogP contribution is 2.29. The zero-order chi connectivity index (χ0) is 15.4. The van der Waals surface area contributed by atoms with Gasteiger partial charge in [-0.1, -0.05) is 11.6 Å². The molecule has 6 heteroatoms. The van der Waals surface area contributed by atoms with Gasteiger partial charge in [-0.05, 0) is 36.4 Å². The van der Waals surface area contributed by atoms with E-state index >= 15 is 0 Å². The fraction of sp³-hybridized carbons (Fsp3) is 0.133. The lowest BCUT2D eigenvalue weighted by Crippen LogP contribution is -2.13. The Bertz CT molecular complexity index is 673. The molecule has 0 aliphatic carbocycles. The quantitative estimate of drug-likeness (QED) is 0.909. The molecule has 0 bridgehead atoms. The van der Waals surface area contributed by atoms with Crippen molar-refractivity contribution >= 4 is 23.2 Å². The number of aromatic hydroxyl groups is 1. The maximum Gasteiger partial charge on any atom is 0.259 e. The molecule has 0 spiro atoms. The van der Waals surface area contributed by atoms with Crippen LogP contribution < -0.4 is 14.8 Å². The van der Waals surface area contributed by atoms with Crippen LogP contribution in [0.2, 0.25) is 5.02 Å². The highest BCUT2D eigenvalue weighted by atomic mass is 35.5. The first-order valence-corrected chi connectivity index (χ1v) is 6.45. The van der Waals surface area contributed by atoms with Crippen molar-refractivity contribution in [1.29, 1.82) is 0 Å². The van der Waals surface area contributed by atoms with Crippen molar-refractivity contribution in [3.8, 4) is 17.2 Å². The van der Waals surface area contributed by atoms with Crippen LogP contribution in [0, 0.1) is 0 Å². The maximum atomic E-state index is 12.3. The minimum Gasteiger partial charge on any atom is -0.507 e. The van der Waals surface area contributed by atoms with Crippen LogP contribution in [-0.2, 0) is 0 Å². The summed E-state index contributed by atoms with van der Waals surface area (Å²) < 4.78 is 10.2. The van der Waals surface area contributed by atoms with E-state index in [4.69, 9.17) is 21.1 Å². The third-order valence-corrected chi connectivity index (χ3v) is 3.09. The fourth-order valence-electron chi connectivity index (χ4n) is 1.79. The van der Waals surface area contributed by atoms with Crippen LogP contribution >= 0.6 is 11.6 Å². The summed E-state index contributed by atoms with van der Waals surface area (Å²) in [5.74, 6) is 0.299. The van der Waals surface area contributed by atoms with E-state index in [1.165, 1.54) is 26.4 Å². The molecule has 0 aliphatic rings. The molecule has 0 saturated heterocycles. The number of hydrogen-bond donors (Lipinski definition) is 2. The third-order valence-electron chi connectivity index (χ3n) is 2.86. The number of methoxy groups -OCH3 is 2. The standard InChI is InChI=1S/C15H14ClNO4/c1-20-10-4-5-13(18)11(8-10)15(19)17-12-7-9(16)3-6-14(12)21-2/h3-8,18H,1-2H3,(H,17,19). The monoisotopic (exact) mass is 307 g/mol. The van der Waals surface area contributed by atoms with Gasteiger partial charge in [-0.15, -0.1) is 0 Å². The first-order chi connectivity index (χ1) is 10.0.